The number of aliphatic carboxylic acids is 1. The van der Waals surface area contributed by atoms with Crippen LogP contribution in [0.1, 0.15) is 41.8 Å². The van der Waals surface area contributed by atoms with Gasteiger partial charge in [-0.05, 0) is 38.0 Å². The summed E-state index contributed by atoms with van der Waals surface area (Å²) >= 11 is 0. The van der Waals surface area contributed by atoms with Crippen LogP contribution in [0, 0.1) is 6.92 Å². The molecule has 1 aromatic heterocycles. The monoisotopic (exact) mass is 317 g/mol. The van der Waals surface area contributed by atoms with Gasteiger partial charge in [0.25, 0.3) is 5.91 Å². The van der Waals surface area contributed by atoms with E-state index in [-0.39, 0.29) is 0 Å². The number of carboxylic acid groups (broad SMARTS) is 1. The first kappa shape index (κ1) is 15.4. The highest BCUT2D eigenvalue weighted by Gasteiger charge is 2.43. The fourth-order valence-electron chi connectivity index (χ4n) is 3.26. The summed E-state index contributed by atoms with van der Waals surface area (Å²) in [6, 6.07) is 5.21. The zero-order chi connectivity index (χ0) is 16.6. The van der Waals surface area contributed by atoms with Crippen LogP contribution in [0.25, 0.3) is 11.0 Å². The van der Waals surface area contributed by atoms with Crippen molar-refractivity contribution in [3.63, 3.8) is 0 Å². The van der Waals surface area contributed by atoms with E-state index in [0.717, 1.165) is 12.8 Å². The summed E-state index contributed by atoms with van der Waals surface area (Å²) in [5.41, 5.74) is -0.234. The van der Waals surface area contributed by atoms with Crippen LogP contribution in [-0.2, 0) is 4.79 Å². The van der Waals surface area contributed by atoms with Crippen molar-refractivity contribution in [2.75, 3.05) is 7.11 Å². The van der Waals surface area contributed by atoms with Crippen LogP contribution in [0.4, 0.5) is 0 Å². The minimum absolute atomic E-state index is 0.367. The number of amides is 1. The van der Waals surface area contributed by atoms with Crippen molar-refractivity contribution >= 4 is 22.8 Å². The van der Waals surface area contributed by atoms with Crippen LogP contribution in [0.5, 0.6) is 5.75 Å². The van der Waals surface area contributed by atoms with Gasteiger partial charge in [-0.3, -0.25) is 4.79 Å². The van der Waals surface area contributed by atoms with Gasteiger partial charge in [0, 0.05) is 5.39 Å². The van der Waals surface area contributed by atoms with E-state index in [1.165, 1.54) is 0 Å². The zero-order valence-electron chi connectivity index (χ0n) is 13.1. The van der Waals surface area contributed by atoms with Gasteiger partial charge in [-0.15, -0.1) is 0 Å². The van der Waals surface area contributed by atoms with Crippen molar-refractivity contribution in [1.29, 1.82) is 0 Å². The summed E-state index contributed by atoms with van der Waals surface area (Å²) in [4.78, 5) is 24.4. The van der Waals surface area contributed by atoms with Crippen LogP contribution in [-0.4, -0.2) is 29.6 Å². The van der Waals surface area contributed by atoms with Gasteiger partial charge >= 0.3 is 5.97 Å². The number of aryl methyl sites for hydroxylation is 1. The molecule has 0 aliphatic heterocycles. The lowest BCUT2D eigenvalue weighted by Crippen LogP contribution is -2.52. The Kier molecular flexibility index (Phi) is 3.75. The Morgan fingerprint density at radius 1 is 1.30 bits per heavy atom. The quantitative estimate of drug-likeness (QED) is 0.905. The lowest BCUT2D eigenvalue weighted by atomic mass is 9.97. The summed E-state index contributed by atoms with van der Waals surface area (Å²) in [7, 11) is 1.55. The Labute approximate surface area is 133 Å². The summed E-state index contributed by atoms with van der Waals surface area (Å²) in [5, 5.41) is 12.9. The number of carbonyl (C=O) groups is 2. The molecule has 2 N–H and O–H groups in total. The van der Waals surface area contributed by atoms with E-state index in [2.05, 4.69) is 5.32 Å². The average molecular weight is 317 g/mol. The predicted molar refractivity (Wildman–Crippen MR) is 83.8 cm³/mol. The lowest BCUT2D eigenvalue weighted by Gasteiger charge is -2.25. The number of ether oxygens (including phenoxy) is 1. The second kappa shape index (κ2) is 5.61. The maximum absolute atomic E-state index is 12.7. The zero-order valence-corrected chi connectivity index (χ0v) is 13.1. The highest BCUT2D eigenvalue weighted by molar-refractivity contribution is 6.09. The molecule has 6 nitrogen and oxygen atoms in total. The van der Waals surface area contributed by atoms with Gasteiger partial charge in [-0.25, -0.2) is 4.79 Å². The Morgan fingerprint density at radius 3 is 2.61 bits per heavy atom. The molecule has 2 aromatic rings. The molecule has 0 spiro atoms. The van der Waals surface area contributed by atoms with Crippen LogP contribution >= 0.6 is 0 Å². The molecule has 0 radical (unpaired) electrons. The van der Waals surface area contributed by atoms with Gasteiger partial charge in [0.2, 0.25) is 0 Å². The van der Waals surface area contributed by atoms with Crippen molar-refractivity contribution in [2.45, 2.75) is 38.1 Å². The smallest absolute Gasteiger partial charge is 0.329 e. The summed E-state index contributed by atoms with van der Waals surface area (Å²) in [6.07, 6.45) is 2.50. The molecular formula is C17H19NO5. The van der Waals surface area contributed by atoms with E-state index >= 15 is 0 Å². The first-order valence-electron chi connectivity index (χ1n) is 7.60. The molecule has 1 amide bonds. The summed E-state index contributed by atoms with van der Waals surface area (Å²) < 4.78 is 10.8. The molecule has 1 aromatic carbocycles. The molecule has 0 saturated heterocycles. The second-order valence-corrected chi connectivity index (χ2v) is 5.94. The molecule has 122 valence electrons. The molecule has 3 rings (SSSR count). The standard InChI is InChI=1S/C17H19NO5/c1-10-14(12-9-11(22-2)5-6-13(12)23-10)15(19)18-17(16(20)21)7-3-4-8-17/h5-6,9H,3-4,7-8H2,1-2H3,(H,18,19)(H,20,21). The van der Waals surface area contributed by atoms with Crippen molar-refractivity contribution in [3.8, 4) is 5.75 Å². The summed E-state index contributed by atoms with van der Waals surface area (Å²) in [6.45, 7) is 1.70. The Hall–Kier alpha value is -2.50. The van der Waals surface area contributed by atoms with Gasteiger partial charge in [0.05, 0.1) is 12.7 Å². The van der Waals surface area contributed by atoms with E-state index in [1.54, 1.807) is 32.2 Å². The fraction of sp³-hybridized carbons (Fsp3) is 0.412. The van der Waals surface area contributed by atoms with E-state index in [4.69, 9.17) is 9.15 Å². The number of carbonyl (C=O) groups excluding carboxylic acids is 1. The molecular weight excluding hydrogens is 298 g/mol. The first-order chi connectivity index (χ1) is 11.0. The van der Waals surface area contributed by atoms with Gasteiger partial charge in [0.1, 0.15) is 22.6 Å². The van der Waals surface area contributed by atoms with Gasteiger partial charge in [-0.2, -0.15) is 0 Å². The maximum atomic E-state index is 12.7. The molecule has 23 heavy (non-hydrogen) atoms. The normalized spacial score (nSPS) is 16.4. The highest BCUT2D eigenvalue weighted by atomic mass is 16.5. The van der Waals surface area contributed by atoms with E-state index in [9.17, 15) is 14.7 Å². The number of carboxylic acids is 1. The molecule has 1 fully saturated rings. The van der Waals surface area contributed by atoms with Crippen LogP contribution in [0.3, 0.4) is 0 Å². The Balaban J connectivity index is 2.00. The van der Waals surface area contributed by atoms with Crippen molar-refractivity contribution in [3.05, 3.63) is 29.5 Å². The SMILES string of the molecule is COc1ccc2oc(C)c(C(=O)NC3(C(=O)O)CCCC3)c2c1. The predicted octanol–water partition coefficient (Wildman–Crippen LogP) is 2.88. The first-order valence-corrected chi connectivity index (χ1v) is 7.60. The van der Waals surface area contributed by atoms with E-state index < -0.39 is 17.4 Å². The molecule has 0 bridgehead atoms. The number of hydrogen-bond donors (Lipinski definition) is 2. The fourth-order valence-corrected chi connectivity index (χ4v) is 3.26. The third-order valence-electron chi connectivity index (χ3n) is 4.52. The number of hydrogen-bond acceptors (Lipinski definition) is 4. The minimum Gasteiger partial charge on any atom is -0.497 e. The number of benzene rings is 1. The van der Waals surface area contributed by atoms with Crippen LogP contribution in [0.2, 0.25) is 0 Å². The van der Waals surface area contributed by atoms with Crippen molar-refractivity contribution in [2.24, 2.45) is 0 Å². The van der Waals surface area contributed by atoms with Crippen molar-refractivity contribution in [1.82, 2.24) is 5.32 Å². The number of methoxy groups -OCH3 is 1. The topological polar surface area (TPSA) is 88.8 Å². The molecule has 1 heterocycles. The van der Waals surface area contributed by atoms with Gasteiger partial charge in [0.15, 0.2) is 0 Å². The largest absolute Gasteiger partial charge is 0.497 e. The highest BCUT2D eigenvalue weighted by Crippen LogP contribution is 2.33. The maximum Gasteiger partial charge on any atom is 0.329 e. The lowest BCUT2D eigenvalue weighted by molar-refractivity contribution is -0.144. The number of rotatable bonds is 4. The third-order valence-corrected chi connectivity index (χ3v) is 4.52. The summed E-state index contributed by atoms with van der Waals surface area (Å²) in [5.74, 6) is -0.323. The minimum atomic E-state index is -1.17. The molecule has 0 unspecified atom stereocenters. The van der Waals surface area contributed by atoms with Crippen LogP contribution in [0.15, 0.2) is 22.6 Å². The van der Waals surface area contributed by atoms with Crippen molar-refractivity contribution < 1.29 is 23.8 Å². The number of furan rings is 1. The molecule has 1 aliphatic rings. The number of fused-ring (bicyclic) bond motifs is 1. The Morgan fingerprint density at radius 2 is 2.00 bits per heavy atom. The number of nitrogens with one attached hydrogen (secondary N) is 1. The average Bonchev–Trinajstić information content (AvgIpc) is 3.10. The molecule has 6 heteroatoms. The third kappa shape index (κ3) is 2.54. The Bertz CT molecular complexity index is 771. The second-order valence-electron chi connectivity index (χ2n) is 5.94. The van der Waals surface area contributed by atoms with E-state index in [0.29, 0.717) is 40.9 Å². The van der Waals surface area contributed by atoms with E-state index in [1.807, 2.05) is 0 Å². The molecule has 1 aliphatic carbocycles. The molecule has 1 saturated carbocycles. The molecule has 0 atom stereocenters. The van der Waals surface area contributed by atoms with Gasteiger partial charge < -0.3 is 19.6 Å². The van der Waals surface area contributed by atoms with Gasteiger partial charge in [-0.1, -0.05) is 12.8 Å². The van der Waals surface area contributed by atoms with Crippen LogP contribution < -0.4 is 10.1 Å².